The number of ether oxygens (including phenoxy) is 1. The van der Waals surface area contributed by atoms with Gasteiger partial charge in [-0.1, -0.05) is 38.1 Å². The number of hydrogen-bond acceptors (Lipinski definition) is 4. The van der Waals surface area contributed by atoms with Gasteiger partial charge in [-0.25, -0.2) is 0 Å². The fraction of sp³-hybridized carbons (Fsp3) is 0.375. The molecule has 1 unspecified atom stereocenters. The van der Waals surface area contributed by atoms with E-state index in [1.165, 1.54) is 12.1 Å². The molecule has 4 heteroatoms. The van der Waals surface area contributed by atoms with Crippen molar-refractivity contribution in [3.63, 3.8) is 0 Å². The number of aliphatic hydroxyl groups is 1. The number of rotatable bonds is 6. The molecule has 0 amide bonds. The van der Waals surface area contributed by atoms with Crippen molar-refractivity contribution in [1.29, 1.82) is 0 Å². The van der Waals surface area contributed by atoms with E-state index in [1.54, 1.807) is 38.1 Å². The van der Waals surface area contributed by atoms with Gasteiger partial charge in [0.2, 0.25) is 0 Å². The van der Waals surface area contributed by atoms with Crippen LogP contribution in [-0.4, -0.2) is 35.4 Å². The van der Waals surface area contributed by atoms with E-state index < -0.39 is 25.2 Å². The Hall–Kier alpha value is -1.78. The number of hydrogen-bond donors (Lipinski definition) is 3. The molecule has 0 saturated heterocycles. The number of benzene rings is 2. The zero-order valence-electron chi connectivity index (χ0n) is 16.3. The molecule has 0 radical (unpaired) electrons. The number of nitrogens with one attached hydrogen (secondary N) is 1. The van der Waals surface area contributed by atoms with Crippen molar-refractivity contribution in [3.8, 4) is 11.5 Å². The number of phenols is 1. The first-order valence-electron chi connectivity index (χ1n) is 8.79. The molecule has 0 aliphatic heterocycles. The first kappa shape index (κ1) is 9.21. The van der Waals surface area contributed by atoms with Crippen LogP contribution in [0, 0.1) is 0 Å². The maximum Gasteiger partial charge on any atom is 0.127 e. The first-order valence-corrected chi connectivity index (χ1v) is 6.29. The van der Waals surface area contributed by atoms with E-state index in [1.807, 2.05) is 0 Å². The van der Waals surface area contributed by atoms with Crippen molar-refractivity contribution in [2.45, 2.75) is 26.0 Å². The fourth-order valence-corrected chi connectivity index (χ4v) is 1.69. The molecule has 1 atom stereocenters. The summed E-state index contributed by atoms with van der Waals surface area (Å²) in [7, 11) is 0. The lowest BCUT2D eigenvalue weighted by atomic mass is 10.1. The van der Waals surface area contributed by atoms with Crippen LogP contribution in [0.1, 0.15) is 20.7 Å². The number of fused-ring (bicyclic) bond motifs is 1. The monoisotopic (exact) mass is 280 g/mol. The summed E-state index contributed by atoms with van der Waals surface area (Å²) >= 11 is 0. The summed E-state index contributed by atoms with van der Waals surface area (Å²) in [6.45, 7) is -2.65. The predicted octanol–water partition coefficient (Wildman–Crippen LogP) is 2.28. The van der Waals surface area contributed by atoms with Gasteiger partial charge >= 0.3 is 0 Å². The normalized spacial score (nSPS) is 19.5. The summed E-state index contributed by atoms with van der Waals surface area (Å²) < 4.78 is 44.7. The van der Waals surface area contributed by atoms with Crippen molar-refractivity contribution >= 4 is 10.8 Å². The molecule has 2 aromatic rings. The van der Waals surface area contributed by atoms with Crippen LogP contribution < -0.4 is 10.1 Å². The third-order valence-corrected chi connectivity index (χ3v) is 2.60. The number of phenolic OH excluding ortho intramolecular Hbond substituents is 1. The highest BCUT2D eigenvalue weighted by atomic mass is 16.5. The largest absolute Gasteiger partial charge is 0.507 e. The van der Waals surface area contributed by atoms with Gasteiger partial charge in [0.15, 0.2) is 0 Å². The molecule has 0 heterocycles. The molecule has 4 nitrogen and oxygen atoms in total. The SMILES string of the molecule is [2H]C([2H])(NC(C)C)C([2H])(O)C([2H])([2H])Oc1ccc(O)c2ccccc12. The van der Waals surface area contributed by atoms with Gasteiger partial charge in [0.1, 0.15) is 24.1 Å². The highest BCUT2D eigenvalue weighted by molar-refractivity contribution is 5.92. The third kappa shape index (κ3) is 3.62. The van der Waals surface area contributed by atoms with Crippen LogP contribution in [0.4, 0.5) is 0 Å². The van der Waals surface area contributed by atoms with Crippen molar-refractivity contribution in [2.75, 3.05) is 13.1 Å². The molecule has 0 aliphatic carbocycles. The Morgan fingerprint density at radius 1 is 1.25 bits per heavy atom. The quantitative estimate of drug-likeness (QED) is 0.759. The summed E-state index contributed by atoms with van der Waals surface area (Å²) in [6.07, 6.45) is -3.25. The highest BCUT2D eigenvalue weighted by Gasteiger charge is 2.09. The lowest BCUT2D eigenvalue weighted by Gasteiger charge is -2.16. The van der Waals surface area contributed by atoms with Gasteiger partial charge in [-0.2, -0.15) is 0 Å². The molecule has 0 saturated carbocycles. The van der Waals surface area contributed by atoms with Gasteiger partial charge in [-0.05, 0) is 12.1 Å². The Bertz CT molecular complexity index is 765. The van der Waals surface area contributed by atoms with Crippen molar-refractivity contribution < 1.29 is 21.8 Å². The second kappa shape index (κ2) is 6.59. The second-order valence-electron chi connectivity index (χ2n) is 4.61. The van der Waals surface area contributed by atoms with E-state index in [0.29, 0.717) is 10.8 Å². The van der Waals surface area contributed by atoms with E-state index in [2.05, 4.69) is 5.32 Å². The van der Waals surface area contributed by atoms with E-state index >= 15 is 0 Å². The Balaban J connectivity index is 2.43. The Kier molecular flexibility index (Phi) is 3.03. The minimum absolute atomic E-state index is 0.0237. The van der Waals surface area contributed by atoms with Crippen LogP contribution in [0.15, 0.2) is 36.4 Å². The predicted molar refractivity (Wildman–Crippen MR) is 80.3 cm³/mol. The molecule has 0 fully saturated rings. The summed E-state index contributed by atoms with van der Waals surface area (Å²) in [5, 5.41) is 23.3. The van der Waals surface area contributed by atoms with Crippen molar-refractivity contribution in [1.82, 2.24) is 5.32 Å². The molecule has 0 spiro atoms. The Morgan fingerprint density at radius 2 is 1.95 bits per heavy atom. The maximum absolute atomic E-state index is 10.3. The van der Waals surface area contributed by atoms with Crippen LogP contribution in [-0.2, 0) is 0 Å². The Morgan fingerprint density at radius 3 is 2.65 bits per heavy atom. The molecule has 0 aliphatic rings. The second-order valence-corrected chi connectivity index (χ2v) is 4.61. The summed E-state index contributed by atoms with van der Waals surface area (Å²) in [6, 6.07) is 8.72. The molecule has 2 rings (SSSR count). The van der Waals surface area contributed by atoms with Gasteiger partial charge in [0.25, 0.3) is 0 Å². The van der Waals surface area contributed by atoms with E-state index in [0.717, 1.165) is 0 Å². The lowest BCUT2D eigenvalue weighted by molar-refractivity contribution is 0.105. The van der Waals surface area contributed by atoms with E-state index in [-0.39, 0.29) is 11.5 Å². The van der Waals surface area contributed by atoms with E-state index in [9.17, 15) is 10.2 Å². The molecular formula is C16H21NO3. The average Bonchev–Trinajstić information content (AvgIpc) is 2.48. The number of aromatic hydroxyl groups is 1. The first-order chi connectivity index (χ1) is 11.4. The van der Waals surface area contributed by atoms with Gasteiger partial charge in [0, 0.05) is 26.1 Å². The zero-order chi connectivity index (χ0) is 19.0. The van der Waals surface area contributed by atoms with Gasteiger partial charge < -0.3 is 20.3 Å². The van der Waals surface area contributed by atoms with Crippen LogP contribution in [0.2, 0.25) is 0 Å². The van der Waals surface area contributed by atoms with Gasteiger partial charge in [0.05, 0.1) is 4.11 Å². The minimum Gasteiger partial charge on any atom is -0.507 e. The lowest BCUT2D eigenvalue weighted by Crippen LogP contribution is -2.35. The van der Waals surface area contributed by atoms with Crippen LogP contribution in [0.3, 0.4) is 0 Å². The summed E-state index contributed by atoms with van der Waals surface area (Å²) in [5.41, 5.74) is 0. The average molecular weight is 280 g/mol. The Labute approximate surface area is 126 Å². The zero-order valence-corrected chi connectivity index (χ0v) is 11.3. The minimum atomic E-state index is -3.25. The van der Waals surface area contributed by atoms with Crippen LogP contribution in [0.5, 0.6) is 11.5 Å². The molecule has 3 N–H and O–H groups in total. The molecule has 0 aromatic heterocycles. The van der Waals surface area contributed by atoms with Crippen molar-refractivity contribution in [2.24, 2.45) is 0 Å². The smallest absolute Gasteiger partial charge is 0.127 e. The highest BCUT2D eigenvalue weighted by Crippen LogP contribution is 2.32. The van der Waals surface area contributed by atoms with Crippen LogP contribution in [0.25, 0.3) is 10.8 Å². The van der Waals surface area contributed by atoms with Gasteiger partial charge in [-0.15, -0.1) is 0 Å². The fourth-order valence-electron chi connectivity index (χ4n) is 1.69. The van der Waals surface area contributed by atoms with Crippen molar-refractivity contribution in [3.05, 3.63) is 36.4 Å². The van der Waals surface area contributed by atoms with Crippen LogP contribution >= 0.6 is 0 Å². The molecule has 2 aromatic carbocycles. The maximum atomic E-state index is 10.3. The molecule has 0 bridgehead atoms. The summed E-state index contributed by atoms with van der Waals surface area (Å²) in [4.78, 5) is 0. The molecule has 108 valence electrons. The standard InChI is InChI=1S/C16H21NO3/c1-11(2)17-9-12(18)10-20-16-8-7-15(19)13-5-3-4-6-14(13)16/h3-8,11-12,17-19H,9-10H2,1-2H3/i9D2,10D2,12D. The third-order valence-electron chi connectivity index (χ3n) is 2.60. The molecular weight excluding hydrogens is 254 g/mol. The van der Waals surface area contributed by atoms with E-state index in [4.69, 9.17) is 11.6 Å². The topological polar surface area (TPSA) is 61.7 Å². The van der Waals surface area contributed by atoms with Gasteiger partial charge in [-0.3, -0.25) is 0 Å². The molecule has 20 heavy (non-hydrogen) atoms. The summed E-state index contributed by atoms with van der Waals surface area (Å²) in [5.74, 6) is -0.0501.